The van der Waals surface area contributed by atoms with E-state index in [0.717, 1.165) is 106 Å². The van der Waals surface area contributed by atoms with Gasteiger partial charge in [-0.25, -0.2) is 0 Å². The van der Waals surface area contributed by atoms with Crippen molar-refractivity contribution in [1.29, 1.82) is 0 Å². The molecule has 2 aliphatic rings. The molecule has 0 saturated heterocycles. The topological polar surface area (TPSA) is 27.3 Å². The quantitative estimate of drug-likeness (QED) is 0.155. The average molecular weight is 1210 g/mol. The SMILES string of the molecule is CC(C)(C)c1ccc2c(c1)c1cc(C(C)(C)C)ccc1n2-c1cc2c3c(c1)N(c1c(-c4ccccc4)cccc1-c1ccccc1)c1cc(-n4c5ccccc5c5ccccc54)ccc1B3c1c(cc(-n3c4ccccc4c4ccccc43)c3c1sc1ccccc13)O2. The zero-order chi connectivity index (χ0) is 62.2. The molecule has 0 saturated carbocycles. The molecule has 7 heteroatoms. The summed E-state index contributed by atoms with van der Waals surface area (Å²) in [4.78, 5) is 2.64. The van der Waals surface area contributed by atoms with Crippen LogP contribution < -0.4 is 26.0 Å². The predicted octanol–water partition coefficient (Wildman–Crippen LogP) is 21.7. The fourth-order valence-corrected chi connectivity index (χ4v) is 17.1. The summed E-state index contributed by atoms with van der Waals surface area (Å²) < 4.78 is 18.0. The third-order valence-corrected chi connectivity index (χ3v) is 21.4. The van der Waals surface area contributed by atoms with Crippen molar-refractivity contribution in [2.24, 2.45) is 0 Å². The highest BCUT2D eigenvalue weighted by molar-refractivity contribution is 7.28. The summed E-state index contributed by atoms with van der Waals surface area (Å²) in [6.45, 7) is 13.7. The van der Waals surface area contributed by atoms with Crippen molar-refractivity contribution in [2.45, 2.75) is 52.4 Å². The van der Waals surface area contributed by atoms with Crippen LogP contribution in [-0.4, -0.2) is 20.4 Å². The summed E-state index contributed by atoms with van der Waals surface area (Å²) in [6.07, 6.45) is 0. The summed E-state index contributed by atoms with van der Waals surface area (Å²) in [7, 11) is 0. The molecule has 0 aliphatic carbocycles. The van der Waals surface area contributed by atoms with Gasteiger partial charge in [0.25, 0.3) is 6.71 Å². The van der Waals surface area contributed by atoms with Crippen LogP contribution in [-0.2, 0) is 10.8 Å². The minimum atomic E-state index is -0.264. The number of anilines is 3. The molecule has 0 amide bonds. The first-order valence-electron chi connectivity index (χ1n) is 32.5. The molecule has 13 aromatic carbocycles. The van der Waals surface area contributed by atoms with Gasteiger partial charge in [-0.15, -0.1) is 11.3 Å². The Morgan fingerprint density at radius 1 is 0.344 bits per heavy atom. The maximum absolute atomic E-state index is 8.04. The predicted molar refractivity (Wildman–Crippen MR) is 396 cm³/mol. The number of aromatic nitrogens is 3. The monoisotopic (exact) mass is 1210 g/mol. The lowest BCUT2D eigenvalue weighted by molar-refractivity contribution is 0.488. The number of nitrogens with zero attached hydrogens (tertiary/aromatic N) is 4. The maximum atomic E-state index is 8.04. The number of para-hydroxylation sites is 5. The van der Waals surface area contributed by atoms with Crippen LogP contribution in [0.25, 0.3) is 125 Å². The smallest absolute Gasteiger partial charge is 0.258 e. The number of ether oxygens (including phenoxy) is 1. The second-order valence-corrected chi connectivity index (χ2v) is 28.6. The molecule has 0 unspecified atom stereocenters. The van der Waals surface area contributed by atoms with Crippen LogP contribution in [0.4, 0.5) is 17.1 Å². The van der Waals surface area contributed by atoms with Crippen LogP contribution in [0.3, 0.4) is 0 Å². The van der Waals surface area contributed by atoms with Gasteiger partial charge >= 0.3 is 0 Å². The van der Waals surface area contributed by atoms with Gasteiger partial charge in [-0.05, 0) is 122 Å². The van der Waals surface area contributed by atoms with E-state index in [-0.39, 0.29) is 17.5 Å². The number of hydrogen-bond acceptors (Lipinski definition) is 3. The molecule has 4 aromatic heterocycles. The van der Waals surface area contributed by atoms with Crippen molar-refractivity contribution in [3.05, 3.63) is 284 Å². The Bertz CT molecular complexity index is 5780. The van der Waals surface area contributed by atoms with Crippen molar-refractivity contribution in [3.8, 4) is 50.8 Å². The van der Waals surface area contributed by atoms with E-state index in [9.17, 15) is 0 Å². The van der Waals surface area contributed by atoms with E-state index in [1.807, 2.05) is 11.3 Å². The summed E-state index contributed by atoms with van der Waals surface area (Å²) in [5.41, 5.74) is 24.0. The average Bonchev–Trinajstić information content (AvgIpc) is 1.65. The standard InChI is InChI=1S/C86H63BN4OS/c1-85(2,3)54-40-44-72-65(46-54)66-47-55(86(4,5)6)41-45-73(66)89(72)57-49-76-81-77(50-57)92-78-51-75(90-70-37-20-15-30-62(70)63-31-16-21-38-71(63)90)80-64-32-17-22-39-79(64)93-84(80)82(78)87(81)67-43-42-56(88-68-35-18-13-28-60(68)61-29-14-19-36-69(61)88)48-74(67)91(76)83-58(52-24-9-7-10-25-52)33-23-34-59(83)53-26-11-8-12-27-53/h7-51H,1-6H3. The van der Waals surface area contributed by atoms with Gasteiger partial charge in [0.15, 0.2) is 0 Å². The number of rotatable bonds is 6. The van der Waals surface area contributed by atoms with Crippen molar-refractivity contribution in [1.82, 2.24) is 13.7 Å². The molecule has 93 heavy (non-hydrogen) atoms. The van der Waals surface area contributed by atoms with Gasteiger partial charge < -0.3 is 23.3 Å². The Morgan fingerprint density at radius 2 is 0.806 bits per heavy atom. The highest BCUT2D eigenvalue weighted by Crippen LogP contribution is 2.53. The van der Waals surface area contributed by atoms with Gasteiger partial charge in [0, 0.05) is 92.8 Å². The van der Waals surface area contributed by atoms with Crippen LogP contribution >= 0.6 is 11.3 Å². The van der Waals surface area contributed by atoms with Crippen LogP contribution in [0.2, 0.25) is 0 Å². The Kier molecular flexibility index (Phi) is 11.5. The van der Waals surface area contributed by atoms with Gasteiger partial charge in [0.05, 0.1) is 50.2 Å². The second-order valence-electron chi connectivity index (χ2n) is 27.6. The molecule has 6 heterocycles. The molecule has 2 aliphatic heterocycles. The van der Waals surface area contributed by atoms with Gasteiger partial charge in [-0.1, -0.05) is 230 Å². The minimum Gasteiger partial charge on any atom is -0.458 e. The van der Waals surface area contributed by atoms with Crippen molar-refractivity contribution >= 4 is 137 Å². The molecule has 0 fully saturated rings. The van der Waals surface area contributed by atoms with E-state index in [1.54, 1.807) is 0 Å². The van der Waals surface area contributed by atoms with E-state index in [4.69, 9.17) is 4.74 Å². The molecule has 0 radical (unpaired) electrons. The highest BCUT2D eigenvalue weighted by Gasteiger charge is 2.46. The summed E-state index contributed by atoms with van der Waals surface area (Å²) in [5.74, 6) is 1.70. The normalized spacial score (nSPS) is 13.1. The van der Waals surface area contributed by atoms with E-state index >= 15 is 0 Å². The molecule has 0 bridgehead atoms. The largest absolute Gasteiger partial charge is 0.458 e. The van der Waals surface area contributed by atoms with E-state index in [1.165, 1.54) is 74.5 Å². The fraction of sp³-hybridized carbons (Fsp3) is 0.0930. The molecule has 0 atom stereocenters. The van der Waals surface area contributed by atoms with Gasteiger partial charge in [-0.3, -0.25) is 0 Å². The number of fused-ring (bicyclic) bond motifs is 17. The zero-order valence-electron chi connectivity index (χ0n) is 52.7. The third-order valence-electron chi connectivity index (χ3n) is 20.2. The molecule has 17 aromatic rings. The number of benzene rings is 13. The Morgan fingerprint density at radius 3 is 1.35 bits per heavy atom. The Labute approximate surface area is 544 Å². The maximum Gasteiger partial charge on any atom is 0.258 e. The van der Waals surface area contributed by atoms with Gasteiger partial charge in [-0.2, -0.15) is 0 Å². The minimum absolute atomic E-state index is 0.0665. The summed E-state index contributed by atoms with van der Waals surface area (Å²) in [6, 6.07) is 102. The summed E-state index contributed by atoms with van der Waals surface area (Å²) in [5, 5.41) is 9.83. The molecule has 19 rings (SSSR count). The van der Waals surface area contributed by atoms with Crippen LogP contribution in [0.1, 0.15) is 52.7 Å². The lowest BCUT2D eigenvalue weighted by atomic mass is 9.34. The lowest BCUT2D eigenvalue weighted by Gasteiger charge is -2.42. The first-order chi connectivity index (χ1) is 45.4. The molecular weight excluding hydrogens is 1150 g/mol. The van der Waals surface area contributed by atoms with Gasteiger partial charge in [0.1, 0.15) is 11.5 Å². The lowest BCUT2D eigenvalue weighted by Crippen LogP contribution is -2.59. The van der Waals surface area contributed by atoms with Crippen molar-refractivity contribution < 1.29 is 4.74 Å². The van der Waals surface area contributed by atoms with Crippen LogP contribution in [0.15, 0.2) is 273 Å². The molecular formula is C86H63BN4OS. The molecule has 0 N–H and O–H groups in total. The van der Waals surface area contributed by atoms with E-state index < -0.39 is 0 Å². The Balaban J connectivity index is 0.989. The van der Waals surface area contributed by atoms with Crippen LogP contribution in [0, 0.1) is 0 Å². The molecule has 442 valence electrons. The van der Waals surface area contributed by atoms with E-state index in [2.05, 4.69) is 333 Å². The van der Waals surface area contributed by atoms with Crippen molar-refractivity contribution in [2.75, 3.05) is 4.90 Å². The van der Waals surface area contributed by atoms with Crippen molar-refractivity contribution in [3.63, 3.8) is 0 Å². The Hall–Kier alpha value is -10.9. The zero-order valence-corrected chi connectivity index (χ0v) is 53.5. The second kappa shape index (κ2) is 19.8. The fourth-order valence-electron chi connectivity index (χ4n) is 15.9. The summed E-state index contributed by atoms with van der Waals surface area (Å²) >= 11 is 1.89. The van der Waals surface area contributed by atoms with E-state index in [0.29, 0.717) is 0 Å². The first kappa shape index (κ1) is 53.9. The van der Waals surface area contributed by atoms with Gasteiger partial charge in [0.2, 0.25) is 0 Å². The molecule has 5 nitrogen and oxygen atoms in total. The number of thiophene rings is 1. The van der Waals surface area contributed by atoms with Crippen LogP contribution in [0.5, 0.6) is 11.5 Å². The third kappa shape index (κ3) is 7.93. The number of hydrogen-bond donors (Lipinski definition) is 0. The molecule has 0 spiro atoms. The first-order valence-corrected chi connectivity index (χ1v) is 33.3. The highest BCUT2D eigenvalue weighted by atomic mass is 32.1.